The molecule has 40 heavy (non-hydrogen) atoms. The highest BCUT2D eigenvalue weighted by Gasteiger charge is 2.42. The number of amides is 2. The highest BCUT2D eigenvalue weighted by Crippen LogP contribution is 2.40. The van der Waals surface area contributed by atoms with Gasteiger partial charge in [-0.15, -0.1) is 0 Å². The Hall–Kier alpha value is -3.68. The van der Waals surface area contributed by atoms with Crippen LogP contribution in [0.3, 0.4) is 0 Å². The van der Waals surface area contributed by atoms with Gasteiger partial charge < -0.3 is 15.7 Å². The SMILES string of the molecule is NC(=O)[C@@H]1[C@H](C2CCCCC2)CCN1c1ccc(C(=O)NS(=O)(=O)c2ccccc2F)cc1.O=C(O)C(F)(F)F. The van der Waals surface area contributed by atoms with Gasteiger partial charge in [0.05, 0.1) is 0 Å². The zero-order valence-electron chi connectivity index (χ0n) is 21.2. The molecule has 0 spiro atoms. The molecule has 218 valence electrons. The molecule has 2 atom stereocenters. The first-order valence-electron chi connectivity index (χ1n) is 12.5. The number of nitrogens with two attached hydrogens (primary N) is 1. The minimum Gasteiger partial charge on any atom is -0.475 e. The first-order chi connectivity index (χ1) is 18.7. The van der Waals surface area contributed by atoms with Crippen molar-refractivity contribution >= 4 is 33.5 Å². The number of alkyl halides is 3. The van der Waals surface area contributed by atoms with Crippen molar-refractivity contribution in [2.75, 3.05) is 11.4 Å². The highest BCUT2D eigenvalue weighted by atomic mass is 32.2. The third kappa shape index (κ3) is 7.49. The zero-order valence-corrected chi connectivity index (χ0v) is 22.1. The van der Waals surface area contributed by atoms with Gasteiger partial charge in [0, 0.05) is 17.8 Å². The molecule has 1 saturated carbocycles. The Morgan fingerprint density at radius 2 is 1.52 bits per heavy atom. The van der Waals surface area contributed by atoms with Crippen molar-refractivity contribution in [3.05, 3.63) is 59.9 Å². The van der Waals surface area contributed by atoms with Gasteiger partial charge in [-0.3, -0.25) is 9.59 Å². The predicted molar refractivity (Wildman–Crippen MR) is 136 cm³/mol. The minimum absolute atomic E-state index is 0.109. The van der Waals surface area contributed by atoms with Crippen molar-refractivity contribution in [3.63, 3.8) is 0 Å². The molecular weight excluding hydrogens is 558 g/mol. The molecule has 2 fully saturated rings. The van der Waals surface area contributed by atoms with E-state index in [1.807, 2.05) is 9.62 Å². The van der Waals surface area contributed by atoms with Crippen molar-refractivity contribution in [1.82, 2.24) is 4.72 Å². The second-order valence-electron chi connectivity index (χ2n) is 9.61. The third-order valence-corrected chi connectivity index (χ3v) is 8.41. The first-order valence-corrected chi connectivity index (χ1v) is 14.0. The zero-order chi connectivity index (χ0) is 29.7. The van der Waals surface area contributed by atoms with E-state index in [0.29, 0.717) is 12.5 Å². The molecule has 4 rings (SSSR count). The number of carboxylic acid groups (broad SMARTS) is 1. The number of benzene rings is 2. The molecule has 0 bridgehead atoms. The summed E-state index contributed by atoms with van der Waals surface area (Å²) in [7, 11) is -4.35. The van der Waals surface area contributed by atoms with Crippen LogP contribution in [-0.4, -0.2) is 50.1 Å². The molecule has 1 saturated heterocycles. The molecule has 14 heteroatoms. The van der Waals surface area contributed by atoms with Gasteiger partial charge in [0.2, 0.25) is 5.91 Å². The van der Waals surface area contributed by atoms with Crippen molar-refractivity contribution in [3.8, 4) is 0 Å². The lowest BCUT2D eigenvalue weighted by Crippen LogP contribution is -2.46. The Morgan fingerprint density at radius 1 is 0.950 bits per heavy atom. The number of hydrogen-bond donors (Lipinski definition) is 3. The second-order valence-corrected chi connectivity index (χ2v) is 11.3. The van der Waals surface area contributed by atoms with Crippen molar-refractivity contribution < 1.29 is 45.5 Å². The van der Waals surface area contributed by atoms with Gasteiger partial charge >= 0.3 is 12.1 Å². The minimum atomic E-state index is -5.08. The summed E-state index contributed by atoms with van der Waals surface area (Å²) >= 11 is 0. The van der Waals surface area contributed by atoms with Gasteiger partial charge in [-0.05, 0) is 54.7 Å². The number of nitrogens with one attached hydrogen (secondary N) is 1. The molecule has 0 radical (unpaired) electrons. The number of rotatable bonds is 6. The van der Waals surface area contributed by atoms with E-state index in [9.17, 15) is 35.6 Å². The summed E-state index contributed by atoms with van der Waals surface area (Å²) in [6.07, 6.45) is 1.67. The van der Waals surface area contributed by atoms with Crippen LogP contribution < -0.4 is 15.4 Å². The van der Waals surface area contributed by atoms with E-state index in [1.165, 1.54) is 43.5 Å². The van der Waals surface area contributed by atoms with Crippen LogP contribution in [0, 0.1) is 17.7 Å². The summed E-state index contributed by atoms with van der Waals surface area (Å²) in [5, 5.41) is 7.12. The van der Waals surface area contributed by atoms with E-state index in [4.69, 9.17) is 15.6 Å². The van der Waals surface area contributed by atoms with E-state index in [1.54, 1.807) is 12.1 Å². The number of carboxylic acids is 1. The normalized spacial score (nSPS) is 19.9. The second kappa shape index (κ2) is 12.7. The Morgan fingerprint density at radius 3 is 2.05 bits per heavy atom. The standard InChI is InChI=1S/C24H28FN3O4S.C2HF3O2/c25-20-8-4-5-9-21(20)33(31,32)27-24(30)17-10-12-18(13-11-17)28-15-14-19(22(28)23(26)29)16-6-2-1-3-7-16;3-2(4,5)1(6)7/h4-5,8-13,16,19,22H,1-3,6-7,14-15H2,(H2,26,29)(H,27,30);(H,6,7)/t19-,22-;/m0./s1. The topological polar surface area (TPSA) is 147 Å². The van der Waals surface area contributed by atoms with Gasteiger partial charge in [0.1, 0.15) is 16.8 Å². The maximum Gasteiger partial charge on any atom is 0.490 e. The van der Waals surface area contributed by atoms with E-state index in [2.05, 4.69) is 0 Å². The van der Waals surface area contributed by atoms with Gasteiger partial charge in [0.15, 0.2) is 0 Å². The molecule has 1 aliphatic heterocycles. The molecule has 1 heterocycles. The first kappa shape index (κ1) is 30.9. The fourth-order valence-corrected chi connectivity index (χ4v) is 6.28. The number of nitrogens with zero attached hydrogens (tertiary/aromatic N) is 1. The average molecular weight is 588 g/mol. The van der Waals surface area contributed by atoms with E-state index in [-0.39, 0.29) is 17.4 Å². The van der Waals surface area contributed by atoms with Crippen LogP contribution in [0.15, 0.2) is 53.4 Å². The third-order valence-electron chi connectivity index (χ3n) is 7.05. The van der Waals surface area contributed by atoms with Gasteiger partial charge in [-0.1, -0.05) is 44.2 Å². The van der Waals surface area contributed by atoms with Crippen molar-refractivity contribution in [2.45, 2.75) is 55.6 Å². The molecule has 1 aliphatic carbocycles. The van der Waals surface area contributed by atoms with Gasteiger partial charge in [0.25, 0.3) is 15.9 Å². The smallest absolute Gasteiger partial charge is 0.475 e. The monoisotopic (exact) mass is 587 g/mol. The summed E-state index contributed by atoms with van der Waals surface area (Å²) in [5.41, 5.74) is 6.66. The summed E-state index contributed by atoms with van der Waals surface area (Å²) in [4.78, 5) is 35.1. The van der Waals surface area contributed by atoms with E-state index in [0.717, 1.165) is 37.1 Å². The lowest BCUT2D eigenvalue weighted by Gasteiger charge is -2.33. The van der Waals surface area contributed by atoms with Gasteiger partial charge in [-0.25, -0.2) is 22.3 Å². The summed E-state index contributed by atoms with van der Waals surface area (Å²) in [6, 6.07) is 10.8. The van der Waals surface area contributed by atoms with Gasteiger partial charge in [-0.2, -0.15) is 13.2 Å². The van der Waals surface area contributed by atoms with Crippen LogP contribution >= 0.6 is 0 Å². The molecule has 9 nitrogen and oxygen atoms in total. The van der Waals surface area contributed by atoms with E-state index >= 15 is 0 Å². The van der Waals surface area contributed by atoms with Crippen LogP contribution in [-0.2, 0) is 19.6 Å². The lowest BCUT2D eigenvalue weighted by atomic mass is 9.76. The number of hydrogen-bond acceptors (Lipinski definition) is 6. The van der Waals surface area contributed by atoms with Crippen LogP contribution in [0.2, 0.25) is 0 Å². The molecule has 2 aliphatic rings. The maximum atomic E-state index is 13.9. The Kier molecular flexibility index (Phi) is 9.77. The number of sulfonamides is 1. The quantitative estimate of drug-likeness (QED) is 0.435. The number of carbonyl (C=O) groups is 3. The number of primary amides is 1. The van der Waals surface area contributed by atoms with Crippen LogP contribution in [0.25, 0.3) is 0 Å². The molecule has 0 aromatic heterocycles. The number of halogens is 4. The number of carbonyl (C=O) groups excluding carboxylic acids is 2. The Bertz CT molecular complexity index is 1330. The van der Waals surface area contributed by atoms with Crippen LogP contribution in [0.4, 0.5) is 23.2 Å². The largest absolute Gasteiger partial charge is 0.490 e. The number of aliphatic carboxylic acids is 1. The van der Waals surface area contributed by atoms with Crippen molar-refractivity contribution in [2.24, 2.45) is 17.6 Å². The fourth-order valence-electron chi connectivity index (χ4n) is 5.23. The van der Waals surface area contributed by atoms with Crippen LogP contribution in [0.5, 0.6) is 0 Å². The molecule has 0 unspecified atom stereocenters. The summed E-state index contributed by atoms with van der Waals surface area (Å²) in [5.74, 6) is -4.19. The highest BCUT2D eigenvalue weighted by molar-refractivity contribution is 7.90. The molecular formula is C26H29F4N3O6S. The van der Waals surface area contributed by atoms with E-state index < -0.39 is 44.8 Å². The summed E-state index contributed by atoms with van der Waals surface area (Å²) < 4.78 is 72.3. The van der Waals surface area contributed by atoms with Crippen molar-refractivity contribution in [1.29, 1.82) is 0 Å². The average Bonchev–Trinajstić information content (AvgIpc) is 3.35. The fraction of sp³-hybridized carbons (Fsp3) is 0.423. The number of anilines is 1. The Labute approximate surface area is 228 Å². The molecule has 2 aromatic rings. The molecule has 2 amide bonds. The molecule has 2 aromatic carbocycles. The molecule has 4 N–H and O–H groups in total. The maximum absolute atomic E-state index is 13.9. The predicted octanol–water partition coefficient (Wildman–Crippen LogP) is 3.84. The Balaban J connectivity index is 0.000000559. The van der Waals surface area contributed by atoms with Crippen LogP contribution in [0.1, 0.15) is 48.9 Å². The lowest BCUT2D eigenvalue weighted by molar-refractivity contribution is -0.192. The summed E-state index contributed by atoms with van der Waals surface area (Å²) in [6.45, 7) is 0.696.